The number of carbonyl (C=O) groups is 2. The molecule has 0 spiro atoms. The number of nitrogens with zero attached hydrogens (tertiary/aromatic N) is 3. The summed E-state index contributed by atoms with van der Waals surface area (Å²) in [4.78, 5) is 31.0. The van der Waals surface area contributed by atoms with E-state index >= 15 is 0 Å². The number of carbonyl (C=O) groups excluding carboxylic acids is 2. The Morgan fingerprint density at radius 3 is 3.13 bits per heavy atom. The summed E-state index contributed by atoms with van der Waals surface area (Å²) >= 11 is 0. The van der Waals surface area contributed by atoms with Gasteiger partial charge in [0.15, 0.2) is 5.82 Å². The number of hydrogen-bond donors (Lipinski definition) is 1. The summed E-state index contributed by atoms with van der Waals surface area (Å²) in [5, 5.41) is 6.33. The van der Waals surface area contributed by atoms with E-state index in [-0.39, 0.29) is 30.1 Å². The average Bonchev–Trinajstić information content (AvgIpc) is 3.23. The number of amides is 2. The Balaban J connectivity index is 1.55. The fourth-order valence-electron chi connectivity index (χ4n) is 1.87. The molecule has 1 unspecified atom stereocenters. The van der Waals surface area contributed by atoms with Crippen LogP contribution in [0.25, 0.3) is 6.08 Å². The van der Waals surface area contributed by atoms with E-state index in [1.807, 2.05) is 0 Å². The van der Waals surface area contributed by atoms with Crippen molar-refractivity contribution in [2.24, 2.45) is 4.99 Å². The highest BCUT2D eigenvalue weighted by Crippen LogP contribution is 2.17. The lowest BCUT2D eigenvalue weighted by atomic mass is 10.1. The van der Waals surface area contributed by atoms with E-state index in [0.717, 1.165) is 0 Å². The molecule has 0 fully saturated rings. The summed E-state index contributed by atoms with van der Waals surface area (Å²) in [7, 11) is 0. The van der Waals surface area contributed by atoms with E-state index in [0.29, 0.717) is 5.76 Å². The third kappa shape index (κ3) is 3.67. The number of aliphatic imine (C=N–C) groups is 1. The van der Waals surface area contributed by atoms with Crippen LogP contribution in [0, 0.1) is 0 Å². The van der Waals surface area contributed by atoms with Gasteiger partial charge in [-0.2, -0.15) is 4.98 Å². The summed E-state index contributed by atoms with van der Waals surface area (Å²) in [6.07, 6.45) is 9.07. The lowest BCUT2D eigenvalue weighted by molar-refractivity contribution is -0.118. The summed E-state index contributed by atoms with van der Waals surface area (Å²) in [5.74, 6) is -0.339. The molecule has 1 atom stereocenters. The second-order valence-corrected chi connectivity index (χ2v) is 4.59. The molecule has 2 aromatic rings. The van der Waals surface area contributed by atoms with E-state index in [4.69, 9.17) is 8.94 Å². The van der Waals surface area contributed by atoms with E-state index in [1.54, 1.807) is 24.3 Å². The first-order valence-corrected chi connectivity index (χ1v) is 6.79. The number of nitrogens with one attached hydrogen (secondary N) is 1. The van der Waals surface area contributed by atoms with Crippen molar-refractivity contribution < 1.29 is 18.5 Å². The number of aromatic nitrogens is 2. The Kier molecular flexibility index (Phi) is 4.23. The van der Waals surface area contributed by atoms with E-state index in [9.17, 15) is 9.59 Å². The predicted octanol–water partition coefficient (Wildman–Crippen LogP) is 1.24. The maximum Gasteiger partial charge on any atom is 0.260 e. The highest BCUT2D eigenvalue weighted by molar-refractivity contribution is 5.96. The molecule has 3 heterocycles. The summed E-state index contributed by atoms with van der Waals surface area (Å²) in [5.41, 5.74) is 0. The molecular formula is C15H12N4O4. The second kappa shape index (κ2) is 6.65. The van der Waals surface area contributed by atoms with Crippen molar-refractivity contribution in [2.75, 3.05) is 0 Å². The van der Waals surface area contributed by atoms with Gasteiger partial charge in [-0.25, -0.2) is 4.99 Å². The van der Waals surface area contributed by atoms with Crippen LogP contribution in [0.15, 0.2) is 50.6 Å². The highest BCUT2D eigenvalue weighted by Gasteiger charge is 2.24. The first kappa shape index (κ1) is 14.6. The summed E-state index contributed by atoms with van der Waals surface area (Å²) in [6, 6.07) is 3.45. The lowest BCUT2D eigenvalue weighted by Gasteiger charge is -2.04. The molecule has 3 rings (SSSR count). The summed E-state index contributed by atoms with van der Waals surface area (Å²) in [6.45, 7) is 0.0578. The van der Waals surface area contributed by atoms with Crippen molar-refractivity contribution >= 4 is 24.1 Å². The molecule has 0 saturated carbocycles. The van der Waals surface area contributed by atoms with Crippen molar-refractivity contribution in [2.45, 2.75) is 12.5 Å². The topological polar surface area (TPSA) is 111 Å². The quantitative estimate of drug-likeness (QED) is 0.832. The third-order valence-electron chi connectivity index (χ3n) is 2.98. The SMILES string of the molecule is O=C(/C=C/c1ccco1)NCc1nc(C2C=CC=NC2=O)no1. The van der Waals surface area contributed by atoms with Gasteiger partial charge >= 0.3 is 0 Å². The van der Waals surface area contributed by atoms with Crippen molar-refractivity contribution in [3.8, 4) is 0 Å². The normalized spacial score (nSPS) is 17.0. The Morgan fingerprint density at radius 2 is 2.35 bits per heavy atom. The standard InChI is InChI=1S/C15H12N4O4/c20-12(6-5-10-3-2-8-22-10)17-9-13-18-14(19-23-13)11-4-1-7-16-15(11)21/h1-8,11H,9H2,(H,17,20)/b6-5+. The lowest BCUT2D eigenvalue weighted by Crippen LogP contribution is -2.20. The molecule has 1 aliphatic rings. The Labute approximate surface area is 130 Å². The molecule has 1 N–H and O–H groups in total. The van der Waals surface area contributed by atoms with Crippen molar-refractivity contribution in [1.29, 1.82) is 0 Å². The second-order valence-electron chi connectivity index (χ2n) is 4.59. The molecule has 0 radical (unpaired) electrons. The minimum atomic E-state index is -0.646. The van der Waals surface area contributed by atoms with Crippen LogP contribution in [0.3, 0.4) is 0 Å². The maximum atomic E-state index is 11.7. The van der Waals surface area contributed by atoms with E-state index in [2.05, 4.69) is 20.4 Å². The fraction of sp³-hybridized carbons (Fsp3) is 0.133. The molecule has 0 aliphatic carbocycles. The molecule has 2 aromatic heterocycles. The van der Waals surface area contributed by atoms with E-state index in [1.165, 1.54) is 24.6 Å². The summed E-state index contributed by atoms with van der Waals surface area (Å²) < 4.78 is 10.1. The van der Waals surface area contributed by atoms with Gasteiger partial charge in [0, 0.05) is 12.3 Å². The van der Waals surface area contributed by atoms with Gasteiger partial charge in [0.1, 0.15) is 11.7 Å². The molecule has 23 heavy (non-hydrogen) atoms. The molecule has 8 nitrogen and oxygen atoms in total. The molecule has 0 aromatic carbocycles. The van der Waals surface area contributed by atoms with E-state index < -0.39 is 5.92 Å². The minimum Gasteiger partial charge on any atom is -0.465 e. The number of dihydropyridines is 1. The largest absolute Gasteiger partial charge is 0.465 e. The van der Waals surface area contributed by atoms with Crippen LogP contribution in [0.5, 0.6) is 0 Å². The maximum absolute atomic E-state index is 11.7. The third-order valence-corrected chi connectivity index (χ3v) is 2.98. The number of rotatable bonds is 5. The van der Waals surface area contributed by atoms with Crippen LogP contribution < -0.4 is 5.32 Å². The number of allylic oxidation sites excluding steroid dienone is 1. The Hall–Kier alpha value is -3.29. The first-order valence-electron chi connectivity index (χ1n) is 6.79. The average molecular weight is 312 g/mol. The number of furan rings is 1. The smallest absolute Gasteiger partial charge is 0.260 e. The van der Waals surface area contributed by atoms with Crippen LogP contribution in [-0.4, -0.2) is 28.2 Å². The molecule has 0 saturated heterocycles. The Bertz CT molecular complexity index is 786. The van der Waals surface area contributed by atoms with Gasteiger partial charge in [-0.1, -0.05) is 11.2 Å². The predicted molar refractivity (Wildman–Crippen MR) is 79.3 cm³/mol. The molecule has 116 valence electrons. The minimum absolute atomic E-state index is 0.0578. The molecule has 1 aliphatic heterocycles. The van der Waals surface area contributed by atoms with Crippen LogP contribution in [0.1, 0.15) is 23.4 Å². The van der Waals surface area contributed by atoms with Crippen molar-refractivity contribution in [3.05, 3.63) is 54.1 Å². The highest BCUT2D eigenvalue weighted by atomic mass is 16.5. The monoisotopic (exact) mass is 312 g/mol. The molecule has 2 amide bonds. The van der Waals surface area contributed by atoms with Gasteiger partial charge in [0.2, 0.25) is 11.8 Å². The van der Waals surface area contributed by atoms with Gasteiger partial charge < -0.3 is 14.3 Å². The van der Waals surface area contributed by atoms with Crippen LogP contribution >= 0.6 is 0 Å². The zero-order valence-corrected chi connectivity index (χ0v) is 11.9. The molecule has 8 heteroatoms. The van der Waals surface area contributed by atoms with Gasteiger partial charge in [-0.15, -0.1) is 0 Å². The van der Waals surface area contributed by atoms with Gasteiger partial charge in [-0.05, 0) is 24.3 Å². The fourth-order valence-corrected chi connectivity index (χ4v) is 1.87. The van der Waals surface area contributed by atoms with Gasteiger partial charge in [0.25, 0.3) is 5.91 Å². The van der Waals surface area contributed by atoms with Gasteiger partial charge in [-0.3, -0.25) is 9.59 Å². The van der Waals surface area contributed by atoms with Gasteiger partial charge in [0.05, 0.1) is 12.8 Å². The van der Waals surface area contributed by atoms with Crippen molar-refractivity contribution in [3.63, 3.8) is 0 Å². The van der Waals surface area contributed by atoms with Crippen LogP contribution in [0.4, 0.5) is 0 Å². The number of hydrogen-bond acceptors (Lipinski definition) is 6. The molecule has 0 bridgehead atoms. The van der Waals surface area contributed by atoms with Crippen LogP contribution in [0.2, 0.25) is 0 Å². The van der Waals surface area contributed by atoms with Crippen molar-refractivity contribution in [1.82, 2.24) is 15.5 Å². The molecular weight excluding hydrogens is 300 g/mol. The first-order chi connectivity index (χ1) is 11.2. The Morgan fingerprint density at radius 1 is 1.43 bits per heavy atom. The van der Waals surface area contributed by atoms with Crippen LogP contribution in [-0.2, 0) is 16.1 Å². The zero-order chi connectivity index (χ0) is 16.1. The zero-order valence-electron chi connectivity index (χ0n) is 11.9.